The van der Waals surface area contributed by atoms with E-state index in [1.807, 2.05) is 55.8 Å². The van der Waals surface area contributed by atoms with E-state index in [0.29, 0.717) is 6.54 Å². The standard InChI is InChI=1S/C20H24N6O2/c1-20(2,3)28-19(27)24-14-9-10-25(12-14)17-16-11-23-26(18(16)22-13-21-17)15-7-5-4-6-8-15/h4-8,11,13-14H,9-10,12H2,1-3H3,(H,24,27)/t14-/m0/s1. The van der Waals surface area contributed by atoms with Gasteiger partial charge in [-0.15, -0.1) is 0 Å². The van der Waals surface area contributed by atoms with Gasteiger partial charge >= 0.3 is 6.09 Å². The number of fused-ring (bicyclic) bond motifs is 1. The topological polar surface area (TPSA) is 85.2 Å². The number of aromatic nitrogens is 4. The zero-order valence-corrected chi connectivity index (χ0v) is 16.3. The van der Waals surface area contributed by atoms with Gasteiger partial charge in [0.25, 0.3) is 0 Å². The van der Waals surface area contributed by atoms with Crippen LogP contribution in [-0.2, 0) is 4.74 Å². The van der Waals surface area contributed by atoms with Crippen LogP contribution in [0.4, 0.5) is 10.6 Å². The van der Waals surface area contributed by atoms with Crippen LogP contribution in [0.1, 0.15) is 27.2 Å². The van der Waals surface area contributed by atoms with E-state index >= 15 is 0 Å². The number of ether oxygens (including phenoxy) is 1. The molecular formula is C20H24N6O2. The van der Waals surface area contributed by atoms with Crippen molar-refractivity contribution in [2.75, 3.05) is 18.0 Å². The summed E-state index contributed by atoms with van der Waals surface area (Å²) < 4.78 is 7.17. The van der Waals surface area contributed by atoms with E-state index in [1.54, 1.807) is 12.5 Å². The molecule has 0 saturated carbocycles. The first kappa shape index (κ1) is 18.2. The number of anilines is 1. The molecule has 1 aliphatic rings. The third kappa shape index (κ3) is 3.76. The molecule has 1 saturated heterocycles. The summed E-state index contributed by atoms with van der Waals surface area (Å²) in [6.07, 6.45) is 3.81. The van der Waals surface area contributed by atoms with E-state index in [-0.39, 0.29) is 12.1 Å². The van der Waals surface area contributed by atoms with Crippen LogP contribution in [-0.4, -0.2) is 50.6 Å². The predicted octanol–water partition coefficient (Wildman–Crippen LogP) is 2.92. The molecule has 3 heterocycles. The molecule has 0 spiro atoms. The average Bonchev–Trinajstić information content (AvgIpc) is 3.27. The Morgan fingerprint density at radius 2 is 2.00 bits per heavy atom. The van der Waals surface area contributed by atoms with Gasteiger partial charge in [0.15, 0.2) is 5.65 Å². The van der Waals surface area contributed by atoms with E-state index in [4.69, 9.17) is 4.74 Å². The van der Waals surface area contributed by atoms with Gasteiger partial charge in [-0.05, 0) is 39.3 Å². The summed E-state index contributed by atoms with van der Waals surface area (Å²) in [5, 5.41) is 8.34. The lowest BCUT2D eigenvalue weighted by atomic mass is 10.2. The highest BCUT2D eigenvalue weighted by Gasteiger charge is 2.28. The molecule has 0 bridgehead atoms. The summed E-state index contributed by atoms with van der Waals surface area (Å²) in [7, 11) is 0. The van der Waals surface area contributed by atoms with Crippen molar-refractivity contribution < 1.29 is 9.53 Å². The maximum atomic E-state index is 12.0. The first-order chi connectivity index (χ1) is 13.4. The Kier molecular flexibility index (Phi) is 4.62. The Hall–Kier alpha value is -3.16. The number of nitrogens with one attached hydrogen (secondary N) is 1. The highest BCUT2D eigenvalue weighted by atomic mass is 16.6. The number of carbonyl (C=O) groups excluding carboxylic acids is 1. The fourth-order valence-electron chi connectivity index (χ4n) is 3.39. The van der Waals surface area contributed by atoms with Crippen LogP contribution < -0.4 is 10.2 Å². The summed E-state index contributed by atoms with van der Waals surface area (Å²) in [6, 6.07) is 9.91. The largest absolute Gasteiger partial charge is 0.444 e. The van der Waals surface area contributed by atoms with Crippen molar-refractivity contribution in [2.24, 2.45) is 0 Å². The predicted molar refractivity (Wildman–Crippen MR) is 107 cm³/mol. The van der Waals surface area contributed by atoms with Crippen LogP contribution in [0.3, 0.4) is 0 Å². The summed E-state index contributed by atoms with van der Waals surface area (Å²) >= 11 is 0. The van der Waals surface area contributed by atoms with Gasteiger partial charge in [-0.3, -0.25) is 0 Å². The Morgan fingerprint density at radius 1 is 1.21 bits per heavy atom. The minimum absolute atomic E-state index is 0.0176. The summed E-state index contributed by atoms with van der Waals surface area (Å²) in [5.41, 5.74) is 1.21. The summed E-state index contributed by atoms with van der Waals surface area (Å²) in [5.74, 6) is 0.834. The second-order valence-electron chi connectivity index (χ2n) is 7.90. The van der Waals surface area contributed by atoms with E-state index in [9.17, 15) is 4.79 Å². The molecule has 0 radical (unpaired) electrons. The number of carbonyl (C=O) groups is 1. The number of nitrogens with zero attached hydrogens (tertiary/aromatic N) is 5. The Labute approximate surface area is 163 Å². The van der Waals surface area contributed by atoms with Gasteiger partial charge in [0.05, 0.1) is 23.3 Å². The van der Waals surface area contributed by atoms with Crippen LogP contribution in [0.5, 0.6) is 0 Å². The Balaban J connectivity index is 1.53. The highest BCUT2D eigenvalue weighted by Crippen LogP contribution is 2.27. The van der Waals surface area contributed by atoms with Crippen LogP contribution in [0, 0.1) is 0 Å². The fraction of sp³-hybridized carbons (Fsp3) is 0.400. The molecule has 146 valence electrons. The number of amides is 1. The lowest BCUT2D eigenvalue weighted by Crippen LogP contribution is -2.40. The van der Waals surface area contributed by atoms with Gasteiger partial charge in [-0.25, -0.2) is 19.4 Å². The molecule has 3 aromatic rings. The van der Waals surface area contributed by atoms with E-state index in [2.05, 4.69) is 25.3 Å². The molecule has 1 fully saturated rings. The molecule has 1 aliphatic heterocycles. The minimum Gasteiger partial charge on any atom is -0.444 e. The molecular weight excluding hydrogens is 356 g/mol. The summed E-state index contributed by atoms with van der Waals surface area (Å²) in [4.78, 5) is 23.1. The van der Waals surface area contributed by atoms with E-state index < -0.39 is 5.60 Å². The van der Waals surface area contributed by atoms with Crippen LogP contribution in [0.15, 0.2) is 42.9 Å². The van der Waals surface area contributed by atoms with Crippen molar-refractivity contribution in [2.45, 2.75) is 38.8 Å². The second kappa shape index (κ2) is 7.10. The van der Waals surface area contributed by atoms with Crippen molar-refractivity contribution in [1.82, 2.24) is 25.1 Å². The number of hydrogen-bond donors (Lipinski definition) is 1. The molecule has 1 atom stereocenters. The molecule has 2 aromatic heterocycles. The van der Waals surface area contributed by atoms with Crippen molar-refractivity contribution in [3.8, 4) is 5.69 Å². The normalized spacial score (nSPS) is 17.1. The van der Waals surface area contributed by atoms with Crippen molar-refractivity contribution >= 4 is 22.9 Å². The van der Waals surface area contributed by atoms with Gasteiger partial charge in [0, 0.05) is 13.1 Å². The monoisotopic (exact) mass is 380 g/mol. The summed E-state index contributed by atoms with van der Waals surface area (Å²) in [6.45, 7) is 7.03. The first-order valence-corrected chi connectivity index (χ1v) is 9.39. The lowest BCUT2D eigenvalue weighted by molar-refractivity contribution is 0.0509. The van der Waals surface area contributed by atoms with Crippen molar-refractivity contribution in [1.29, 1.82) is 0 Å². The third-order valence-corrected chi connectivity index (χ3v) is 4.55. The zero-order valence-electron chi connectivity index (χ0n) is 16.3. The Bertz CT molecular complexity index is 979. The van der Waals surface area contributed by atoms with E-state index in [0.717, 1.165) is 35.5 Å². The number of para-hydroxylation sites is 1. The molecule has 0 unspecified atom stereocenters. The third-order valence-electron chi connectivity index (χ3n) is 4.55. The van der Waals surface area contributed by atoms with E-state index in [1.165, 1.54) is 0 Å². The van der Waals surface area contributed by atoms with Crippen LogP contribution in [0.25, 0.3) is 16.7 Å². The molecule has 1 aromatic carbocycles. The Morgan fingerprint density at radius 3 is 2.75 bits per heavy atom. The quantitative estimate of drug-likeness (QED) is 0.752. The average molecular weight is 380 g/mol. The molecule has 0 aliphatic carbocycles. The van der Waals surface area contributed by atoms with Crippen molar-refractivity contribution in [3.05, 3.63) is 42.9 Å². The zero-order chi connectivity index (χ0) is 19.7. The van der Waals surface area contributed by atoms with Crippen LogP contribution in [0.2, 0.25) is 0 Å². The van der Waals surface area contributed by atoms with Gasteiger partial charge in [0.1, 0.15) is 17.7 Å². The number of hydrogen-bond acceptors (Lipinski definition) is 6. The molecule has 1 N–H and O–H groups in total. The maximum Gasteiger partial charge on any atom is 0.407 e. The minimum atomic E-state index is -0.507. The molecule has 1 amide bonds. The number of alkyl carbamates (subject to hydrolysis) is 1. The number of rotatable bonds is 3. The van der Waals surface area contributed by atoms with Gasteiger partial charge in [-0.2, -0.15) is 5.10 Å². The SMILES string of the molecule is CC(C)(C)OC(=O)N[C@H]1CCN(c2ncnc3c2cnn3-c2ccccc2)C1. The fourth-order valence-corrected chi connectivity index (χ4v) is 3.39. The molecule has 4 rings (SSSR count). The maximum absolute atomic E-state index is 12.0. The van der Waals surface area contributed by atoms with Gasteiger partial charge < -0.3 is 15.0 Å². The molecule has 28 heavy (non-hydrogen) atoms. The van der Waals surface area contributed by atoms with Gasteiger partial charge in [0.2, 0.25) is 0 Å². The van der Waals surface area contributed by atoms with Crippen molar-refractivity contribution in [3.63, 3.8) is 0 Å². The molecule has 8 nitrogen and oxygen atoms in total. The van der Waals surface area contributed by atoms with Gasteiger partial charge in [-0.1, -0.05) is 18.2 Å². The second-order valence-corrected chi connectivity index (χ2v) is 7.90. The lowest BCUT2D eigenvalue weighted by Gasteiger charge is -2.22. The van der Waals surface area contributed by atoms with Crippen LogP contribution >= 0.6 is 0 Å². The molecule has 8 heteroatoms. The number of benzene rings is 1. The smallest absolute Gasteiger partial charge is 0.407 e. The first-order valence-electron chi connectivity index (χ1n) is 9.39. The highest BCUT2D eigenvalue weighted by molar-refractivity contribution is 5.87.